The van der Waals surface area contributed by atoms with Crippen LogP contribution in [-0.2, 0) is 27.8 Å². The Morgan fingerprint density at radius 1 is 0.941 bits per heavy atom. The molecule has 1 N–H and O–H groups in total. The third kappa shape index (κ3) is 3.35. The molecule has 172 valence electrons. The Labute approximate surface area is 197 Å². The Kier molecular flexibility index (Phi) is 4.88. The minimum Gasteiger partial charge on any atom is -0.325 e. The summed E-state index contributed by atoms with van der Waals surface area (Å²) in [5.74, 6) is 1.45. The van der Waals surface area contributed by atoms with Gasteiger partial charge >= 0.3 is 0 Å². The number of benzene rings is 3. The molecule has 6 rings (SSSR count). The SMILES string of the molecule is O=C(CN1c2cccc3cccc(c23)S1(=O)=O)Nc1ccc(-c2nnc3n2CCCCC3)cc1. The number of aryl methyl sites for hydroxylation is 1. The molecule has 0 spiro atoms. The summed E-state index contributed by atoms with van der Waals surface area (Å²) in [5, 5.41) is 13.0. The fraction of sp³-hybridized carbons (Fsp3) is 0.240. The number of rotatable bonds is 4. The van der Waals surface area contributed by atoms with Gasteiger partial charge in [-0.15, -0.1) is 10.2 Å². The normalized spacial score (nSPS) is 16.3. The van der Waals surface area contributed by atoms with Crippen LogP contribution in [0.1, 0.15) is 25.1 Å². The first-order valence-corrected chi connectivity index (χ1v) is 12.8. The zero-order valence-electron chi connectivity index (χ0n) is 18.4. The van der Waals surface area contributed by atoms with Gasteiger partial charge in [-0.1, -0.05) is 30.7 Å². The van der Waals surface area contributed by atoms with Gasteiger partial charge < -0.3 is 9.88 Å². The maximum atomic E-state index is 13.1. The highest BCUT2D eigenvalue weighted by Gasteiger charge is 2.36. The lowest BCUT2D eigenvalue weighted by molar-refractivity contribution is -0.114. The topological polar surface area (TPSA) is 97.2 Å². The van der Waals surface area contributed by atoms with E-state index in [4.69, 9.17) is 0 Å². The number of carbonyl (C=O) groups is 1. The molecule has 0 saturated heterocycles. The molecule has 0 aliphatic carbocycles. The molecule has 0 atom stereocenters. The van der Waals surface area contributed by atoms with Crippen molar-refractivity contribution in [2.75, 3.05) is 16.2 Å². The maximum absolute atomic E-state index is 13.1. The van der Waals surface area contributed by atoms with Gasteiger partial charge in [-0.25, -0.2) is 8.42 Å². The molecular weight excluding hydrogens is 450 g/mol. The van der Waals surface area contributed by atoms with E-state index in [1.165, 1.54) is 10.7 Å². The van der Waals surface area contributed by atoms with Crippen LogP contribution in [0.4, 0.5) is 11.4 Å². The third-order valence-corrected chi connectivity index (χ3v) is 8.31. The van der Waals surface area contributed by atoms with Gasteiger partial charge in [-0.2, -0.15) is 0 Å². The second-order valence-electron chi connectivity index (χ2n) is 8.67. The van der Waals surface area contributed by atoms with Gasteiger partial charge in [0.2, 0.25) is 5.91 Å². The second kappa shape index (κ2) is 7.95. The molecule has 0 unspecified atom stereocenters. The Morgan fingerprint density at radius 2 is 1.74 bits per heavy atom. The molecule has 3 aromatic carbocycles. The first-order valence-electron chi connectivity index (χ1n) is 11.4. The minimum absolute atomic E-state index is 0.241. The van der Waals surface area contributed by atoms with Crippen LogP contribution in [-0.4, -0.2) is 35.6 Å². The van der Waals surface area contributed by atoms with Gasteiger partial charge in [-0.05, 0) is 54.6 Å². The summed E-state index contributed by atoms with van der Waals surface area (Å²) in [7, 11) is -3.78. The van der Waals surface area contributed by atoms with Crippen molar-refractivity contribution in [3.05, 3.63) is 66.5 Å². The molecule has 8 nitrogen and oxygen atoms in total. The number of fused-ring (bicyclic) bond motifs is 1. The van der Waals surface area contributed by atoms with Gasteiger partial charge in [-0.3, -0.25) is 9.10 Å². The molecular formula is C25H23N5O3S. The Balaban J connectivity index is 1.21. The Morgan fingerprint density at radius 3 is 2.56 bits per heavy atom. The molecule has 2 aliphatic rings. The first kappa shape index (κ1) is 20.9. The smallest absolute Gasteiger partial charge is 0.265 e. The quantitative estimate of drug-likeness (QED) is 0.484. The van der Waals surface area contributed by atoms with Crippen LogP contribution in [0.2, 0.25) is 0 Å². The summed E-state index contributed by atoms with van der Waals surface area (Å²) >= 11 is 0. The number of sulfonamides is 1. The van der Waals surface area contributed by atoms with E-state index >= 15 is 0 Å². The molecule has 3 heterocycles. The average molecular weight is 474 g/mol. The number of nitrogens with zero attached hydrogens (tertiary/aromatic N) is 4. The van der Waals surface area contributed by atoms with Crippen LogP contribution >= 0.6 is 0 Å². The predicted molar refractivity (Wildman–Crippen MR) is 130 cm³/mol. The number of nitrogens with one attached hydrogen (secondary N) is 1. The van der Waals surface area contributed by atoms with Crippen LogP contribution in [0.25, 0.3) is 22.2 Å². The molecule has 1 amide bonds. The minimum atomic E-state index is -3.78. The summed E-state index contributed by atoms with van der Waals surface area (Å²) in [6, 6.07) is 18.0. The van der Waals surface area contributed by atoms with Gasteiger partial charge in [0.05, 0.1) is 10.6 Å². The van der Waals surface area contributed by atoms with Crippen molar-refractivity contribution >= 4 is 38.1 Å². The standard InChI is InChI=1S/C25H23N5O3S/c31-23(16-30-20-8-4-6-17-7-5-9-21(24(17)20)34(30,32)33)26-19-13-11-18(12-14-19)25-28-27-22-10-2-1-3-15-29(22)25/h4-9,11-14H,1-3,10,15-16H2,(H,26,31). The molecule has 0 bridgehead atoms. The number of carbonyl (C=O) groups excluding carboxylic acids is 1. The van der Waals surface area contributed by atoms with Gasteiger partial charge in [0.15, 0.2) is 5.82 Å². The molecule has 1 aromatic heterocycles. The van der Waals surface area contributed by atoms with Crippen LogP contribution in [0.3, 0.4) is 0 Å². The summed E-state index contributed by atoms with van der Waals surface area (Å²) in [6.45, 7) is 0.616. The average Bonchev–Trinajstić information content (AvgIpc) is 3.21. The van der Waals surface area contributed by atoms with E-state index in [0.717, 1.165) is 48.4 Å². The molecule has 0 fully saturated rings. The van der Waals surface area contributed by atoms with Gasteiger partial charge in [0, 0.05) is 29.6 Å². The zero-order valence-corrected chi connectivity index (χ0v) is 19.3. The van der Waals surface area contributed by atoms with E-state index in [1.807, 2.05) is 24.3 Å². The van der Waals surface area contributed by atoms with E-state index < -0.39 is 15.9 Å². The van der Waals surface area contributed by atoms with Crippen LogP contribution in [0, 0.1) is 0 Å². The lowest BCUT2D eigenvalue weighted by atomic mass is 10.1. The molecule has 2 aliphatic heterocycles. The highest BCUT2D eigenvalue weighted by molar-refractivity contribution is 7.93. The molecule has 4 aromatic rings. The fourth-order valence-electron chi connectivity index (χ4n) is 4.86. The summed E-state index contributed by atoms with van der Waals surface area (Å²) in [4.78, 5) is 13.1. The van der Waals surface area contributed by atoms with Crippen LogP contribution in [0.15, 0.2) is 65.6 Å². The molecule has 0 saturated carbocycles. The fourth-order valence-corrected chi connectivity index (χ4v) is 6.53. The van der Waals surface area contributed by atoms with Gasteiger partial charge in [0.25, 0.3) is 10.0 Å². The lowest BCUT2D eigenvalue weighted by Gasteiger charge is -2.18. The van der Waals surface area contributed by atoms with Crippen molar-refractivity contribution in [3.8, 4) is 11.4 Å². The predicted octanol–water partition coefficient (Wildman–Crippen LogP) is 3.97. The number of aromatic nitrogens is 3. The van der Waals surface area contributed by atoms with Crippen LogP contribution in [0.5, 0.6) is 0 Å². The lowest BCUT2D eigenvalue weighted by Crippen LogP contribution is -2.35. The molecule has 0 radical (unpaired) electrons. The van der Waals surface area contributed by atoms with E-state index in [1.54, 1.807) is 36.4 Å². The van der Waals surface area contributed by atoms with E-state index in [9.17, 15) is 13.2 Å². The maximum Gasteiger partial charge on any atom is 0.265 e. The molecule has 34 heavy (non-hydrogen) atoms. The van der Waals surface area contributed by atoms with E-state index in [-0.39, 0.29) is 11.4 Å². The number of anilines is 2. The van der Waals surface area contributed by atoms with Crippen molar-refractivity contribution in [2.24, 2.45) is 0 Å². The summed E-state index contributed by atoms with van der Waals surface area (Å²) in [5.41, 5.74) is 2.06. The number of hydrogen-bond acceptors (Lipinski definition) is 5. The third-order valence-electron chi connectivity index (χ3n) is 6.50. The van der Waals surface area contributed by atoms with E-state index in [0.29, 0.717) is 16.8 Å². The van der Waals surface area contributed by atoms with E-state index in [2.05, 4.69) is 20.1 Å². The highest BCUT2D eigenvalue weighted by atomic mass is 32.2. The Hall–Kier alpha value is -3.72. The highest BCUT2D eigenvalue weighted by Crippen LogP contribution is 2.41. The largest absolute Gasteiger partial charge is 0.325 e. The van der Waals surface area contributed by atoms with Crippen LogP contribution < -0.4 is 9.62 Å². The monoisotopic (exact) mass is 473 g/mol. The zero-order chi connectivity index (χ0) is 23.3. The van der Waals surface area contributed by atoms with Crippen molar-refractivity contribution in [3.63, 3.8) is 0 Å². The molecule has 9 heteroatoms. The number of hydrogen-bond donors (Lipinski definition) is 1. The van der Waals surface area contributed by atoms with Gasteiger partial charge in [0.1, 0.15) is 12.4 Å². The van der Waals surface area contributed by atoms with Crippen molar-refractivity contribution in [2.45, 2.75) is 37.1 Å². The summed E-state index contributed by atoms with van der Waals surface area (Å²) < 4.78 is 29.6. The first-order chi connectivity index (χ1) is 16.5. The Bertz CT molecular complexity index is 1520. The second-order valence-corrected chi connectivity index (χ2v) is 10.5. The number of amides is 1. The van der Waals surface area contributed by atoms with Crippen molar-refractivity contribution in [1.82, 2.24) is 14.8 Å². The summed E-state index contributed by atoms with van der Waals surface area (Å²) in [6.07, 6.45) is 4.39. The van der Waals surface area contributed by atoms with Crippen molar-refractivity contribution < 1.29 is 13.2 Å². The van der Waals surface area contributed by atoms with Crippen molar-refractivity contribution in [1.29, 1.82) is 0 Å².